The van der Waals surface area contributed by atoms with E-state index in [1.807, 2.05) is 12.1 Å². The highest BCUT2D eigenvalue weighted by Crippen LogP contribution is 2.25. The summed E-state index contributed by atoms with van der Waals surface area (Å²) in [5, 5.41) is 2.58. The van der Waals surface area contributed by atoms with Gasteiger partial charge in [0.2, 0.25) is 11.8 Å². The number of esters is 2. The van der Waals surface area contributed by atoms with Crippen LogP contribution >= 0.6 is 0 Å². The van der Waals surface area contributed by atoms with Gasteiger partial charge in [-0.15, -0.1) is 0 Å². The fraction of sp³-hybridized carbons (Fsp3) is 0.333. The lowest BCUT2D eigenvalue weighted by Crippen LogP contribution is -2.53. The fourth-order valence-electron chi connectivity index (χ4n) is 3.38. The van der Waals surface area contributed by atoms with Crippen molar-refractivity contribution in [2.24, 2.45) is 11.7 Å². The molecule has 0 unspecified atom stereocenters. The van der Waals surface area contributed by atoms with E-state index in [4.69, 9.17) is 15.2 Å². The van der Waals surface area contributed by atoms with Gasteiger partial charge in [0.25, 0.3) is 0 Å². The lowest BCUT2D eigenvalue weighted by atomic mass is 9.89. The summed E-state index contributed by atoms with van der Waals surface area (Å²) in [5.41, 5.74) is 6.92. The molecule has 3 N–H and O–H groups in total. The zero-order chi connectivity index (χ0) is 23.5. The van der Waals surface area contributed by atoms with E-state index >= 15 is 0 Å². The summed E-state index contributed by atoms with van der Waals surface area (Å²) in [4.78, 5) is 50.2. The minimum atomic E-state index is -1.46. The molecule has 0 saturated carbocycles. The van der Waals surface area contributed by atoms with Crippen LogP contribution in [0.2, 0.25) is 0 Å². The summed E-state index contributed by atoms with van der Waals surface area (Å²) in [6.07, 6.45) is -0.456. The van der Waals surface area contributed by atoms with Crippen molar-refractivity contribution >= 4 is 23.8 Å². The molecule has 0 fully saturated rings. The second-order valence-corrected chi connectivity index (χ2v) is 7.01. The number of hydrogen-bond donors (Lipinski definition) is 2. The zero-order valence-corrected chi connectivity index (χ0v) is 18.2. The Balaban J connectivity index is 2.38. The molecule has 2 rings (SSSR count). The molecule has 0 aromatic heterocycles. The molecule has 32 heavy (non-hydrogen) atoms. The summed E-state index contributed by atoms with van der Waals surface area (Å²) >= 11 is 0. The SMILES string of the molecule is CCOC(=O)C[C@@H](C(=O)OCC)[C@H](NC(=O)C(c1ccccc1)c1ccccc1)C(N)=O. The molecule has 0 aliphatic heterocycles. The highest BCUT2D eigenvalue weighted by molar-refractivity contribution is 5.95. The minimum Gasteiger partial charge on any atom is -0.466 e. The Morgan fingerprint density at radius 1 is 0.844 bits per heavy atom. The third kappa shape index (κ3) is 6.66. The standard InChI is InChI=1S/C24H28N2O6/c1-3-31-19(27)15-18(24(30)32-4-2)21(22(25)28)26-23(29)20(16-11-7-5-8-12-16)17-13-9-6-10-14-17/h5-14,18,20-21H,3-4,15H2,1-2H3,(H2,25,28)(H,26,29)/t18-,21+/m1/s1. The van der Waals surface area contributed by atoms with Gasteiger partial charge in [0.1, 0.15) is 6.04 Å². The largest absolute Gasteiger partial charge is 0.466 e. The number of nitrogens with one attached hydrogen (secondary N) is 1. The quantitative estimate of drug-likeness (QED) is 0.515. The molecule has 2 aromatic rings. The first-order valence-electron chi connectivity index (χ1n) is 10.4. The molecule has 0 saturated heterocycles. The number of carbonyl (C=O) groups excluding carboxylic acids is 4. The molecule has 2 aromatic carbocycles. The van der Waals surface area contributed by atoms with E-state index in [1.54, 1.807) is 62.4 Å². The summed E-state index contributed by atoms with van der Waals surface area (Å²) < 4.78 is 9.93. The second kappa shape index (κ2) is 12.2. The summed E-state index contributed by atoms with van der Waals surface area (Å²) in [6.45, 7) is 3.35. The Bertz CT molecular complexity index is 877. The number of nitrogens with two attached hydrogens (primary N) is 1. The first-order chi connectivity index (χ1) is 15.4. The number of primary amides is 1. The smallest absolute Gasteiger partial charge is 0.312 e. The molecule has 2 amide bonds. The van der Waals surface area contributed by atoms with Crippen LogP contribution in [0.1, 0.15) is 37.3 Å². The molecule has 0 radical (unpaired) electrons. The predicted octanol–water partition coefficient (Wildman–Crippen LogP) is 1.92. The van der Waals surface area contributed by atoms with Gasteiger partial charge in [-0.1, -0.05) is 60.7 Å². The van der Waals surface area contributed by atoms with Crippen molar-refractivity contribution in [2.75, 3.05) is 13.2 Å². The highest BCUT2D eigenvalue weighted by Gasteiger charge is 2.38. The Kier molecular flexibility index (Phi) is 9.41. The van der Waals surface area contributed by atoms with Crippen LogP contribution in [0.5, 0.6) is 0 Å². The van der Waals surface area contributed by atoms with E-state index in [0.29, 0.717) is 11.1 Å². The number of carbonyl (C=O) groups is 4. The van der Waals surface area contributed by atoms with E-state index in [-0.39, 0.29) is 13.2 Å². The lowest BCUT2D eigenvalue weighted by Gasteiger charge is -2.26. The third-order valence-corrected chi connectivity index (χ3v) is 4.82. The van der Waals surface area contributed by atoms with E-state index in [9.17, 15) is 19.2 Å². The summed E-state index contributed by atoms with van der Waals surface area (Å²) in [7, 11) is 0. The van der Waals surface area contributed by atoms with Gasteiger partial charge in [0, 0.05) is 0 Å². The van der Waals surface area contributed by atoms with E-state index in [2.05, 4.69) is 5.32 Å². The van der Waals surface area contributed by atoms with E-state index in [0.717, 1.165) is 0 Å². The van der Waals surface area contributed by atoms with E-state index < -0.39 is 48.1 Å². The van der Waals surface area contributed by atoms with Crippen molar-refractivity contribution in [3.63, 3.8) is 0 Å². The topological polar surface area (TPSA) is 125 Å². The van der Waals surface area contributed by atoms with Crippen molar-refractivity contribution in [2.45, 2.75) is 32.2 Å². The maximum Gasteiger partial charge on any atom is 0.312 e. The predicted molar refractivity (Wildman–Crippen MR) is 117 cm³/mol. The zero-order valence-electron chi connectivity index (χ0n) is 18.2. The molecule has 2 atom stereocenters. The van der Waals surface area contributed by atoms with Gasteiger partial charge in [-0.05, 0) is 25.0 Å². The highest BCUT2D eigenvalue weighted by atomic mass is 16.5. The van der Waals surface area contributed by atoms with Crippen molar-refractivity contribution < 1.29 is 28.7 Å². The molecule has 8 nitrogen and oxygen atoms in total. The first kappa shape index (κ1) is 24.6. The van der Waals surface area contributed by atoms with Gasteiger partial charge in [-0.25, -0.2) is 0 Å². The summed E-state index contributed by atoms with van der Waals surface area (Å²) in [6, 6.07) is 16.5. The van der Waals surface area contributed by atoms with Crippen molar-refractivity contribution in [1.82, 2.24) is 5.32 Å². The van der Waals surface area contributed by atoms with Gasteiger partial charge >= 0.3 is 11.9 Å². The Labute approximate surface area is 187 Å². The molecular weight excluding hydrogens is 412 g/mol. The summed E-state index contributed by atoms with van der Waals surface area (Å²) in [5.74, 6) is -5.09. The third-order valence-electron chi connectivity index (χ3n) is 4.82. The number of rotatable bonds is 11. The van der Waals surface area contributed by atoms with Gasteiger partial charge in [-0.2, -0.15) is 0 Å². The average Bonchev–Trinajstić information content (AvgIpc) is 2.78. The van der Waals surface area contributed by atoms with Gasteiger partial charge in [0.15, 0.2) is 0 Å². The van der Waals surface area contributed by atoms with Crippen LogP contribution in [0.3, 0.4) is 0 Å². The molecule has 0 spiro atoms. The van der Waals surface area contributed by atoms with Crippen LogP contribution in [-0.2, 0) is 28.7 Å². The molecule has 0 aliphatic carbocycles. The maximum absolute atomic E-state index is 13.4. The normalized spacial score (nSPS) is 12.5. The molecule has 170 valence electrons. The monoisotopic (exact) mass is 440 g/mol. The van der Waals surface area contributed by atoms with Gasteiger partial charge < -0.3 is 20.5 Å². The Morgan fingerprint density at radius 3 is 1.78 bits per heavy atom. The van der Waals surface area contributed by atoms with Crippen LogP contribution in [-0.4, -0.2) is 43.0 Å². The van der Waals surface area contributed by atoms with Crippen LogP contribution in [0.4, 0.5) is 0 Å². The van der Waals surface area contributed by atoms with Gasteiger partial charge in [0.05, 0.1) is 31.5 Å². The number of hydrogen-bond acceptors (Lipinski definition) is 6. The molecule has 0 bridgehead atoms. The van der Waals surface area contributed by atoms with Crippen molar-refractivity contribution in [1.29, 1.82) is 0 Å². The molecule has 8 heteroatoms. The van der Waals surface area contributed by atoms with Crippen LogP contribution < -0.4 is 11.1 Å². The first-order valence-corrected chi connectivity index (χ1v) is 10.4. The maximum atomic E-state index is 13.4. The molecular formula is C24H28N2O6. The van der Waals surface area contributed by atoms with Crippen LogP contribution in [0, 0.1) is 5.92 Å². The van der Waals surface area contributed by atoms with Crippen molar-refractivity contribution in [3.05, 3.63) is 71.8 Å². The molecule has 0 aliphatic rings. The number of benzene rings is 2. The minimum absolute atomic E-state index is 0.0360. The number of amides is 2. The average molecular weight is 440 g/mol. The second-order valence-electron chi connectivity index (χ2n) is 7.01. The number of ether oxygens (including phenoxy) is 2. The Hall–Kier alpha value is -3.68. The van der Waals surface area contributed by atoms with Crippen LogP contribution in [0.25, 0.3) is 0 Å². The van der Waals surface area contributed by atoms with Crippen molar-refractivity contribution in [3.8, 4) is 0 Å². The van der Waals surface area contributed by atoms with E-state index in [1.165, 1.54) is 0 Å². The lowest BCUT2D eigenvalue weighted by molar-refractivity contribution is -0.157. The van der Waals surface area contributed by atoms with Gasteiger partial charge in [-0.3, -0.25) is 19.2 Å². The molecule has 0 heterocycles. The Morgan fingerprint density at radius 2 is 1.34 bits per heavy atom. The van der Waals surface area contributed by atoms with Crippen LogP contribution in [0.15, 0.2) is 60.7 Å². The fourth-order valence-corrected chi connectivity index (χ4v) is 3.38.